The van der Waals surface area contributed by atoms with Crippen LogP contribution in [-0.4, -0.2) is 23.7 Å². The highest BCUT2D eigenvalue weighted by atomic mass is 16.3. The molecule has 0 heterocycles. The van der Waals surface area contributed by atoms with Gasteiger partial charge in [0, 0.05) is 5.92 Å². The standard InChI is InChI=1S/C13H23NO2/c1-10(2)8-12(9-15)14-13(16)11-6-4-3-5-7-11/h3-4,10-12,15H,5-9H2,1-2H3,(H,14,16). The molecule has 2 unspecified atom stereocenters. The van der Waals surface area contributed by atoms with Crippen molar-refractivity contribution in [3.05, 3.63) is 12.2 Å². The minimum absolute atomic E-state index is 0.0342. The quantitative estimate of drug-likeness (QED) is 0.702. The Morgan fingerprint density at radius 3 is 2.75 bits per heavy atom. The van der Waals surface area contributed by atoms with Crippen LogP contribution in [0.2, 0.25) is 0 Å². The van der Waals surface area contributed by atoms with E-state index < -0.39 is 0 Å². The van der Waals surface area contributed by atoms with E-state index in [1.54, 1.807) is 0 Å². The lowest BCUT2D eigenvalue weighted by Crippen LogP contribution is -2.41. The molecule has 16 heavy (non-hydrogen) atoms. The summed E-state index contributed by atoms with van der Waals surface area (Å²) in [4.78, 5) is 11.9. The molecule has 1 amide bonds. The van der Waals surface area contributed by atoms with Crippen molar-refractivity contribution in [2.75, 3.05) is 6.61 Å². The van der Waals surface area contributed by atoms with E-state index in [0.717, 1.165) is 25.7 Å². The molecule has 0 fully saturated rings. The van der Waals surface area contributed by atoms with Crippen molar-refractivity contribution in [3.63, 3.8) is 0 Å². The Morgan fingerprint density at radius 2 is 2.25 bits per heavy atom. The normalized spacial score (nSPS) is 22.1. The predicted octanol–water partition coefficient (Wildman–Crippen LogP) is 1.87. The smallest absolute Gasteiger partial charge is 0.223 e. The summed E-state index contributed by atoms with van der Waals surface area (Å²) in [5.74, 6) is 0.693. The topological polar surface area (TPSA) is 49.3 Å². The molecule has 0 bridgehead atoms. The van der Waals surface area contributed by atoms with Gasteiger partial charge in [0.15, 0.2) is 0 Å². The average molecular weight is 225 g/mol. The molecule has 3 heteroatoms. The Bertz CT molecular complexity index is 248. The third-order valence-electron chi connectivity index (χ3n) is 2.96. The van der Waals surface area contributed by atoms with E-state index >= 15 is 0 Å². The van der Waals surface area contributed by atoms with Crippen molar-refractivity contribution in [2.45, 2.75) is 45.6 Å². The summed E-state index contributed by atoms with van der Waals surface area (Å²) in [5.41, 5.74) is 0. The van der Waals surface area contributed by atoms with Crippen molar-refractivity contribution >= 4 is 5.91 Å². The molecule has 2 N–H and O–H groups in total. The molecular weight excluding hydrogens is 202 g/mol. The first-order valence-corrected chi connectivity index (χ1v) is 6.19. The van der Waals surface area contributed by atoms with Crippen LogP contribution in [0.1, 0.15) is 39.5 Å². The summed E-state index contributed by atoms with van der Waals surface area (Å²) in [5, 5.41) is 12.1. The van der Waals surface area contributed by atoms with Gasteiger partial charge in [0.05, 0.1) is 12.6 Å². The maximum Gasteiger partial charge on any atom is 0.223 e. The average Bonchev–Trinajstić information content (AvgIpc) is 2.28. The first kappa shape index (κ1) is 13.2. The number of aliphatic hydroxyl groups excluding tert-OH is 1. The zero-order valence-electron chi connectivity index (χ0n) is 10.3. The van der Waals surface area contributed by atoms with Crippen molar-refractivity contribution < 1.29 is 9.90 Å². The molecule has 0 aromatic rings. The van der Waals surface area contributed by atoms with Gasteiger partial charge in [-0.1, -0.05) is 26.0 Å². The maximum absolute atomic E-state index is 11.9. The molecular formula is C13H23NO2. The SMILES string of the molecule is CC(C)CC(CO)NC(=O)C1CC=CCC1. The molecule has 0 aromatic carbocycles. The number of allylic oxidation sites excluding steroid dienone is 2. The molecule has 0 radical (unpaired) electrons. The van der Waals surface area contributed by atoms with Crippen molar-refractivity contribution in [3.8, 4) is 0 Å². The Morgan fingerprint density at radius 1 is 1.50 bits per heavy atom. The highest BCUT2D eigenvalue weighted by Crippen LogP contribution is 2.18. The molecule has 2 atom stereocenters. The van der Waals surface area contributed by atoms with Gasteiger partial charge in [-0.2, -0.15) is 0 Å². The highest BCUT2D eigenvalue weighted by Gasteiger charge is 2.21. The minimum atomic E-state index is -0.0848. The fourth-order valence-electron chi connectivity index (χ4n) is 2.10. The molecule has 1 aliphatic carbocycles. The number of amides is 1. The molecule has 0 aliphatic heterocycles. The first-order valence-electron chi connectivity index (χ1n) is 6.19. The summed E-state index contributed by atoms with van der Waals surface area (Å²) in [6.45, 7) is 4.23. The molecule has 1 aliphatic rings. The fourth-order valence-corrected chi connectivity index (χ4v) is 2.10. The van der Waals surface area contributed by atoms with Gasteiger partial charge in [0.2, 0.25) is 5.91 Å². The van der Waals surface area contributed by atoms with E-state index in [4.69, 9.17) is 0 Å². The van der Waals surface area contributed by atoms with E-state index in [1.165, 1.54) is 0 Å². The Labute approximate surface area is 97.9 Å². The summed E-state index contributed by atoms with van der Waals surface area (Å²) < 4.78 is 0. The molecule has 0 saturated carbocycles. The third kappa shape index (κ3) is 4.35. The summed E-state index contributed by atoms with van der Waals surface area (Å²) in [6, 6.07) is -0.0848. The second kappa shape index (κ2) is 6.69. The van der Waals surface area contributed by atoms with E-state index in [9.17, 15) is 9.90 Å². The minimum Gasteiger partial charge on any atom is -0.394 e. The van der Waals surface area contributed by atoms with Gasteiger partial charge in [0.25, 0.3) is 0 Å². The summed E-state index contributed by atoms with van der Waals surface area (Å²) >= 11 is 0. The highest BCUT2D eigenvalue weighted by molar-refractivity contribution is 5.79. The number of rotatable bonds is 5. The second-order valence-corrected chi connectivity index (χ2v) is 5.00. The van der Waals surface area contributed by atoms with Crippen LogP contribution in [-0.2, 0) is 4.79 Å². The van der Waals surface area contributed by atoms with Crippen LogP contribution in [0, 0.1) is 11.8 Å². The van der Waals surface area contributed by atoms with E-state index in [-0.39, 0.29) is 24.5 Å². The van der Waals surface area contributed by atoms with Crippen LogP contribution in [0.15, 0.2) is 12.2 Å². The molecule has 3 nitrogen and oxygen atoms in total. The Hall–Kier alpha value is -0.830. The van der Waals surface area contributed by atoms with Crippen LogP contribution in [0.25, 0.3) is 0 Å². The van der Waals surface area contributed by atoms with E-state index in [0.29, 0.717) is 5.92 Å². The molecule has 1 rings (SSSR count). The summed E-state index contributed by atoms with van der Waals surface area (Å²) in [6.07, 6.45) is 7.80. The van der Waals surface area contributed by atoms with Gasteiger partial charge in [-0.3, -0.25) is 4.79 Å². The lowest BCUT2D eigenvalue weighted by molar-refractivity contribution is -0.126. The predicted molar refractivity (Wildman–Crippen MR) is 65.0 cm³/mol. The number of hydrogen-bond donors (Lipinski definition) is 2. The Kier molecular flexibility index (Phi) is 5.53. The number of aliphatic hydroxyl groups is 1. The van der Waals surface area contributed by atoms with Crippen LogP contribution >= 0.6 is 0 Å². The molecule has 0 spiro atoms. The zero-order chi connectivity index (χ0) is 12.0. The van der Waals surface area contributed by atoms with Crippen LogP contribution in [0.3, 0.4) is 0 Å². The molecule has 0 saturated heterocycles. The monoisotopic (exact) mass is 225 g/mol. The zero-order valence-corrected chi connectivity index (χ0v) is 10.3. The largest absolute Gasteiger partial charge is 0.394 e. The van der Waals surface area contributed by atoms with Gasteiger partial charge in [-0.15, -0.1) is 0 Å². The van der Waals surface area contributed by atoms with E-state index in [1.807, 2.05) is 0 Å². The van der Waals surface area contributed by atoms with Crippen molar-refractivity contribution in [1.29, 1.82) is 0 Å². The third-order valence-corrected chi connectivity index (χ3v) is 2.96. The first-order chi connectivity index (χ1) is 7.63. The molecule has 0 aromatic heterocycles. The Balaban J connectivity index is 2.38. The van der Waals surface area contributed by atoms with Gasteiger partial charge in [-0.25, -0.2) is 0 Å². The number of carbonyl (C=O) groups excluding carboxylic acids is 1. The van der Waals surface area contributed by atoms with Gasteiger partial charge in [-0.05, 0) is 31.6 Å². The fraction of sp³-hybridized carbons (Fsp3) is 0.769. The maximum atomic E-state index is 11.9. The second-order valence-electron chi connectivity index (χ2n) is 5.00. The van der Waals surface area contributed by atoms with Crippen LogP contribution in [0.5, 0.6) is 0 Å². The summed E-state index contributed by atoms with van der Waals surface area (Å²) in [7, 11) is 0. The van der Waals surface area contributed by atoms with Crippen LogP contribution < -0.4 is 5.32 Å². The number of hydrogen-bond acceptors (Lipinski definition) is 2. The molecule has 92 valence electrons. The van der Waals surface area contributed by atoms with Gasteiger partial charge < -0.3 is 10.4 Å². The van der Waals surface area contributed by atoms with Gasteiger partial charge in [0.1, 0.15) is 0 Å². The lowest BCUT2D eigenvalue weighted by atomic mass is 9.93. The lowest BCUT2D eigenvalue weighted by Gasteiger charge is -2.23. The van der Waals surface area contributed by atoms with Crippen molar-refractivity contribution in [1.82, 2.24) is 5.32 Å². The van der Waals surface area contributed by atoms with Gasteiger partial charge >= 0.3 is 0 Å². The van der Waals surface area contributed by atoms with Crippen LogP contribution in [0.4, 0.5) is 0 Å². The van der Waals surface area contributed by atoms with E-state index in [2.05, 4.69) is 31.3 Å². The van der Waals surface area contributed by atoms with Crippen molar-refractivity contribution in [2.24, 2.45) is 11.8 Å². The number of carbonyl (C=O) groups is 1. The number of nitrogens with one attached hydrogen (secondary N) is 1.